The lowest BCUT2D eigenvalue weighted by atomic mass is 10.00. The Labute approximate surface area is 139 Å². The van der Waals surface area contributed by atoms with Crippen LogP contribution in [0.15, 0.2) is 22.6 Å². The van der Waals surface area contributed by atoms with E-state index in [-0.39, 0.29) is 22.9 Å². The standard InChI is InChI=1S/C16H20ClFN4O/c1-3-22-7-6-14(19-9-15-21-20-10(2)23-15)16(22)11-4-5-12(17)13(18)8-11/h4-5,8,14,16,19H,3,6-7,9H2,1-2H3/t14-,16-/m0/s1. The molecule has 1 aliphatic heterocycles. The Bertz CT molecular complexity index is 678. The lowest BCUT2D eigenvalue weighted by Gasteiger charge is -2.28. The van der Waals surface area contributed by atoms with Gasteiger partial charge in [0.05, 0.1) is 17.6 Å². The molecular weight excluding hydrogens is 319 g/mol. The molecule has 0 bridgehead atoms. The molecule has 1 aromatic heterocycles. The second-order valence-electron chi connectivity index (χ2n) is 5.74. The molecule has 0 unspecified atom stereocenters. The minimum Gasteiger partial charge on any atom is -0.424 e. The third-order valence-electron chi connectivity index (χ3n) is 4.28. The Morgan fingerprint density at radius 2 is 2.26 bits per heavy atom. The smallest absolute Gasteiger partial charge is 0.230 e. The van der Waals surface area contributed by atoms with Crippen LogP contribution in [0.2, 0.25) is 5.02 Å². The zero-order valence-electron chi connectivity index (χ0n) is 13.2. The second-order valence-corrected chi connectivity index (χ2v) is 6.15. The van der Waals surface area contributed by atoms with Crippen LogP contribution < -0.4 is 5.32 Å². The predicted octanol–water partition coefficient (Wildman–Crippen LogP) is 3.10. The van der Waals surface area contributed by atoms with Gasteiger partial charge in [-0.15, -0.1) is 10.2 Å². The first kappa shape index (κ1) is 16.4. The number of nitrogens with one attached hydrogen (secondary N) is 1. The van der Waals surface area contributed by atoms with Crippen molar-refractivity contribution in [3.8, 4) is 0 Å². The van der Waals surface area contributed by atoms with Crippen LogP contribution in [0.3, 0.4) is 0 Å². The first-order valence-corrected chi connectivity index (χ1v) is 8.17. The minimum atomic E-state index is -0.376. The number of hydrogen-bond acceptors (Lipinski definition) is 5. The molecule has 2 aromatic rings. The molecule has 1 fully saturated rings. The van der Waals surface area contributed by atoms with Crippen LogP contribution in [0.25, 0.3) is 0 Å². The van der Waals surface area contributed by atoms with Gasteiger partial charge in [-0.25, -0.2) is 4.39 Å². The lowest BCUT2D eigenvalue weighted by Crippen LogP contribution is -2.36. The molecule has 0 spiro atoms. The number of likely N-dealkylation sites (tertiary alicyclic amines) is 1. The maximum atomic E-state index is 13.8. The average molecular weight is 339 g/mol. The molecule has 1 N–H and O–H groups in total. The van der Waals surface area contributed by atoms with Crippen molar-refractivity contribution >= 4 is 11.6 Å². The summed E-state index contributed by atoms with van der Waals surface area (Å²) in [5, 5.41) is 11.4. The van der Waals surface area contributed by atoms with E-state index in [0.717, 1.165) is 25.1 Å². The number of nitrogens with zero attached hydrogens (tertiary/aromatic N) is 3. The van der Waals surface area contributed by atoms with Gasteiger partial charge in [-0.3, -0.25) is 4.90 Å². The van der Waals surface area contributed by atoms with Crippen molar-refractivity contribution in [3.63, 3.8) is 0 Å². The Morgan fingerprint density at radius 1 is 1.43 bits per heavy atom. The molecular formula is C16H20ClFN4O. The van der Waals surface area contributed by atoms with Crippen LogP contribution in [0.1, 0.15) is 36.7 Å². The van der Waals surface area contributed by atoms with E-state index in [2.05, 4.69) is 27.3 Å². The molecule has 0 amide bonds. The van der Waals surface area contributed by atoms with E-state index in [1.54, 1.807) is 13.0 Å². The average Bonchev–Trinajstić information content (AvgIpc) is 3.13. The number of hydrogen-bond donors (Lipinski definition) is 1. The van der Waals surface area contributed by atoms with Crippen molar-refractivity contribution in [1.82, 2.24) is 20.4 Å². The van der Waals surface area contributed by atoms with Gasteiger partial charge >= 0.3 is 0 Å². The van der Waals surface area contributed by atoms with Crippen molar-refractivity contribution in [2.75, 3.05) is 13.1 Å². The van der Waals surface area contributed by atoms with E-state index in [1.165, 1.54) is 6.07 Å². The highest BCUT2D eigenvalue weighted by Gasteiger charge is 2.34. The monoisotopic (exact) mass is 338 g/mol. The van der Waals surface area contributed by atoms with Crippen molar-refractivity contribution in [2.45, 2.75) is 38.9 Å². The summed E-state index contributed by atoms with van der Waals surface area (Å²) in [6.45, 7) is 6.27. The Kier molecular flexibility index (Phi) is 4.94. The molecule has 124 valence electrons. The second kappa shape index (κ2) is 6.95. The van der Waals surface area contributed by atoms with E-state index in [9.17, 15) is 4.39 Å². The van der Waals surface area contributed by atoms with Gasteiger partial charge in [0.25, 0.3) is 0 Å². The Balaban J connectivity index is 1.76. The number of halogens is 2. The van der Waals surface area contributed by atoms with Crippen molar-refractivity contribution in [3.05, 3.63) is 46.4 Å². The molecule has 5 nitrogen and oxygen atoms in total. The third-order valence-corrected chi connectivity index (χ3v) is 4.58. The molecule has 0 saturated carbocycles. The molecule has 2 heterocycles. The summed E-state index contributed by atoms with van der Waals surface area (Å²) in [5.74, 6) is 0.747. The van der Waals surface area contributed by atoms with Crippen LogP contribution >= 0.6 is 11.6 Å². The highest BCUT2D eigenvalue weighted by Crippen LogP contribution is 2.33. The van der Waals surface area contributed by atoms with Gasteiger partial charge in [0.2, 0.25) is 11.8 Å². The van der Waals surface area contributed by atoms with E-state index >= 15 is 0 Å². The van der Waals surface area contributed by atoms with Crippen molar-refractivity contribution in [2.24, 2.45) is 0 Å². The summed E-state index contributed by atoms with van der Waals surface area (Å²) in [7, 11) is 0. The van der Waals surface area contributed by atoms with Crippen molar-refractivity contribution < 1.29 is 8.81 Å². The molecule has 1 saturated heterocycles. The zero-order valence-corrected chi connectivity index (χ0v) is 14.0. The molecule has 3 rings (SSSR count). The number of benzene rings is 1. The Hall–Kier alpha value is -1.50. The molecule has 2 atom stereocenters. The minimum absolute atomic E-state index is 0.107. The summed E-state index contributed by atoms with van der Waals surface area (Å²) in [4.78, 5) is 2.33. The number of aromatic nitrogens is 2. The SMILES string of the molecule is CCN1CC[C@H](NCc2nnc(C)o2)[C@@H]1c1ccc(Cl)c(F)c1. The van der Waals surface area contributed by atoms with Crippen LogP contribution in [-0.4, -0.2) is 34.2 Å². The van der Waals surface area contributed by atoms with E-state index in [0.29, 0.717) is 18.3 Å². The molecule has 23 heavy (non-hydrogen) atoms. The van der Waals surface area contributed by atoms with Gasteiger partial charge in [-0.05, 0) is 30.7 Å². The van der Waals surface area contributed by atoms with Crippen LogP contribution in [-0.2, 0) is 6.54 Å². The summed E-state index contributed by atoms with van der Waals surface area (Å²) >= 11 is 5.81. The maximum absolute atomic E-state index is 13.8. The number of rotatable bonds is 5. The summed E-state index contributed by atoms with van der Waals surface area (Å²) in [6.07, 6.45) is 0.982. The molecule has 1 aromatic carbocycles. The first-order valence-electron chi connectivity index (χ1n) is 7.80. The molecule has 7 heteroatoms. The van der Waals surface area contributed by atoms with Gasteiger partial charge in [0.15, 0.2) is 0 Å². The highest BCUT2D eigenvalue weighted by molar-refractivity contribution is 6.30. The van der Waals surface area contributed by atoms with E-state index < -0.39 is 0 Å². The molecule has 1 aliphatic rings. The highest BCUT2D eigenvalue weighted by atomic mass is 35.5. The summed E-state index contributed by atoms with van der Waals surface area (Å²) in [5.41, 5.74) is 0.936. The zero-order chi connectivity index (χ0) is 16.4. The Morgan fingerprint density at radius 3 is 2.91 bits per heavy atom. The quantitative estimate of drug-likeness (QED) is 0.908. The fourth-order valence-corrected chi connectivity index (χ4v) is 3.31. The maximum Gasteiger partial charge on any atom is 0.230 e. The number of likely N-dealkylation sites (N-methyl/N-ethyl adjacent to an activating group) is 1. The third kappa shape index (κ3) is 3.54. The van der Waals surface area contributed by atoms with Gasteiger partial charge < -0.3 is 9.73 Å². The number of aryl methyl sites for hydroxylation is 1. The fraction of sp³-hybridized carbons (Fsp3) is 0.500. The van der Waals surface area contributed by atoms with Gasteiger partial charge in [0.1, 0.15) is 5.82 Å². The molecule has 0 radical (unpaired) electrons. The molecule has 0 aliphatic carbocycles. The van der Waals surface area contributed by atoms with E-state index in [1.807, 2.05) is 6.07 Å². The first-order chi connectivity index (χ1) is 11.1. The van der Waals surface area contributed by atoms with Crippen LogP contribution in [0, 0.1) is 12.7 Å². The van der Waals surface area contributed by atoms with Crippen molar-refractivity contribution in [1.29, 1.82) is 0 Å². The van der Waals surface area contributed by atoms with Crippen LogP contribution in [0.5, 0.6) is 0 Å². The summed E-state index contributed by atoms with van der Waals surface area (Å²) < 4.78 is 19.2. The topological polar surface area (TPSA) is 54.2 Å². The van der Waals surface area contributed by atoms with Gasteiger partial charge in [-0.2, -0.15) is 0 Å². The normalized spacial score (nSPS) is 21.9. The van der Waals surface area contributed by atoms with E-state index in [4.69, 9.17) is 16.0 Å². The largest absolute Gasteiger partial charge is 0.424 e. The predicted molar refractivity (Wildman–Crippen MR) is 85.7 cm³/mol. The van der Waals surface area contributed by atoms with Gasteiger partial charge in [0, 0.05) is 19.5 Å². The fourth-order valence-electron chi connectivity index (χ4n) is 3.19. The summed E-state index contributed by atoms with van der Waals surface area (Å²) in [6, 6.07) is 5.36. The lowest BCUT2D eigenvalue weighted by molar-refractivity contribution is 0.245. The van der Waals surface area contributed by atoms with Gasteiger partial charge in [-0.1, -0.05) is 24.6 Å². The van der Waals surface area contributed by atoms with Crippen LogP contribution in [0.4, 0.5) is 4.39 Å².